The second kappa shape index (κ2) is 6.56. The highest BCUT2D eigenvalue weighted by Crippen LogP contribution is 2.28. The van der Waals surface area contributed by atoms with E-state index in [1.165, 1.54) is 11.1 Å². The van der Waals surface area contributed by atoms with Gasteiger partial charge in [-0.1, -0.05) is 43.3 Å². The average molecular weight is 356 g/mol. The van der Waals surface area contributed by atoms with E-state index in [1.54, 1.807) is 16.4 Å². The third-order valence-electron chi connectivity index (χ3n) is 5.47. The monoisotopic (exact) mass is 356 g/mol. The Morgan fingerprint density at radius 2 is 1.68 bits per heavy atom. The fourth-order valence-corrected chi connectivity index (χ4v) is 5.23. The Morgan fingerprint density at radius 1 is 1.00 bits per heavy atom. The van der Waals surface area contributed by atoms with Crippen LogP contribution in [0.2, 0.25) is 0 Å². The minimum atomic E-state index is -3.35. The standard InChI is InChI=1S/C20H24N2O2S/c1-2-16-7-9-20(10-8-16)25(23,24)22-14-19(15-22)21-12-11-17-5-3-4-6-18(17)13-21/h3-10,19H,2,11-15H2,1H3. The van der Waals surface area contributed by atoms with Crippen molar-refractivity contribution in [2.24, 2.45) is 0 Å². The number of aryl methyl sites for hydroxylation is 1. The Balaban J connectivity index is 1.41. The molecule has 0 amide bonds. The summed E-state index contributed by atoms with van der Waals surface area (Å²) < 4.78 is 27.1. The molecule has 0 unspecified atom stereocenters. The molecule has 1 fully saturated rings. The number of benzene rings is 2. The summed E-state index contributed by atoms with van der Waals surface area (Å²) in [5, 5.41) is 0. The predicted octanol–water partition coefficient (Wildman–Crippen LogP) is 2.68. The summed E-state index contributed by atoms with van der Waals surface area (Å²) in [5.41, 5.74) is 3.97. The van der Waals surface area contributed by atoms with Crippen molar-refractivity contribution in [1.29, 1.82) is 0 Å². The lowest BCUT2D eigenvalue weighted by Gasteiger charge is -2.46. The summed E-state index contributed by atoms with van der Waals surface area (Å²) >= 11 is 0. The third kappa shape index (κ3) is 3.12. The largest absolute Gasteiger partial charge is 0.293 e. The minimum absolute atomic E-state index is 0.332. The molecule has 0 N–H and O–H groups in total. The minimum Gasteiger partial charge on any atom is -0.293 e. The van der Waals surface area contributed by atoms with Crippen LogP contribution in [0.25, 0.3) is 0 Å². The molecule has 2 aliphatic heterocycles. The number of rotatable bonds is 4. The van der Waals surface area contributed by atoms with E-state index in [-0.39, 0.29) is 0 Å². The summed E-state index contributed by atoms with van der Waals surface area (Å²) in [6.07, 6.45) is 1.97. The Morgan fingerprint density at radius 3 is 2.36 bits per heavy atom. The van der Waals surface area contributed by atoms with Crippen molar-refractivity contribution in [3.05, 3.63) is 65.2 Å². The van der Waals surface area contributed by atoms with Gasteiger partial charge in [-0.15, -0.1) is 0 Å². The molecule has 0 spiro atoms. The van der Waals surface area contributed by atoms with E-state index in [0.29, 0.717) is 24.0 Å². The van der Waals surface area contributed by atoms with Crippen molar-refractivity contribution in [1.82, 2.24) is 9.21 Å². The first kappa shape index (κ1) is 16.8. The van der Waals surface area contributed by atoms with Crippen LogP contribution in [-0.4, -0.2) is 43.3 Å². The molecule has 2 aliphatic rings. The van der Waals surface area contributed by atoms with Gasteiger partial charge in [0, 0.05) is 32.2 Å². The van der Waals surface area contributed by atoms with Gasteiger partial charge in [0.05, 0.1) is 4.90 Å². The third-order valence-corrected chi connectivity index (χ3v) is 7.32. The number of fused-ring (bicyclic) bond motifs is 1. The zero-order valence-corrected chi connectivity index (χ0v) is 15.4. The molecule has 0 bridgehead atoms. The van der Waals surface area contributed by atoms with E-state index < -0.39 is 10.0 Å². The summed E-state index contributed by atoms with van der Waals surface area (Å²) in [4.78, 5) is 2.83. The number of sulfonamides is 1. The molecule has 2 aromatic rings. The zero-order chi connectivity index (χ0) is 17.4. The van der Waals surface area contributed by atoms with E-state index in [9.17, 15) is 8.42 Å². The molecule has 0 aliphatic carbocycles. The smallest absolute Gasteiger partial charge is 0.243 e. The van der Waals surface area contributed by atoms with Crippen LogP contribution in [-0.2, 0) is 29.4 Å². The van der Waals surface area contributed by atoms with Crippen molar-refractivity contribution in [3.63, 3.8) is 0 Å². The second-order valence-electron chi connectivity index (χ2n) is 6.96. The maximum Gasteiger partial charge on any atom is 0.243 e. The Hall–Kier alpha value is -1.69. The quantitative estimate of drug-likeness (QED) is 0.846. The van der Waals surface area contributed by atoms with Crippen LogP contribution in [0.4, 0.5) is 0 Å². The molecular weight excluding hydrogens is 332 g/mol. The maximum atomic E-state index is 12.7. The van der Waals surface area contributed by atoms with Gasteiger partial charge < -0.3 is 0 Å². The van der Waals surface area contributed by atoms with Gasteiger partial charge in [0.2, 0.25) is 10.0 Å². The van der Waals surface area contributed by atoms with E-state index in [1.807, 2.05) is 12.1 Å². The van der Waals surface area contributed by atoms with Crippen molar-refractivity contribution >= 4 is 10.0 Å². The van der Waals surface area contributed by atoms with Crippen molar-refractivity contribution < 1.29 is 8.42 Å². The maximum absolute atomic E-state index is 12.7. The van der Waals surface area contributed by atoms with Gasteiger partial charge in [0.25, 0.3) is 0 Å². The molecule has 4 nitrogen and oxygen atoms in total. The molecule has 132 valence electrons. The summed E-state index contributed by atoms with van der Waals surface area (Å²) in [6, 6.07) is 16.2. The van der Waals surface area contributed by atoms with E-state index >= 15 is 0 Å². The summed E-state index contributed by atoms with van der Waals surface area (Å²) in [5.74, 6) is 0. The fourth-order valence-electron chi connectivity index (χ4n) is 3.72. The molecule has 5 heteroatoms. The average Bonchev–Trinajstić information content (AvgIpc) is 2.60. The molecule has 0 atom stereocenters. The molecular formula is C20H24N2O2S. The second-order valence-corrected chi connectivity index (χ2v) is 8.90. The molecule has 0 radical (unpaired) electrons. The van der Waals surface area contributed by atoms with Gasteiger partial charge >= 0.3 is 0 Å². The lowest BCUT2D eigenvalue weighted by Crippen LogP contribution is -2.61. The highest BCUT2D eigenvalue weighted by molar-refractivity contribution is 7.89. The molecule has 0 saturated carbocycles. The molecule has 0 aromatic heterocycles. The fraction of sp³-hybridized carbons (Fsp3) is 0.400. The van der Waals surface area contributed by atoms with Gasteiger partial charge in [0.1, 0.15) is 0 Å². The Bertz CT molecular complexity index is 856. The van der Waals surface area contributed by atoms with Crippen LogP contribution < -0.4 is 0 Å². The topological polar surface area (TPSA) is 40.6 Å². The molecule has 2 aromatic carbocycles. The number of nitrogens with zero attached hydrogens (tertiary/aromatic N) is 2. The zero-order valence-electron chi connectivity index (χ0n) is 14.6. The lowest BCUT2D eigenvalue weighted by molar-refractivity contribution is 0.0769. The number of hydrogen-bond acceptors (Lipinski definition) is 3. The van der Waals surface area contributed by atoms with Gasteiger partial charge in [-0.2, -0.15) is 4.31 Å². The van der Waals surface area contributed by atoms with Crippen LogP contribution in [0, 0.1) is 0 Å². The van der Waals surface area contributed by atoms with Crippen LogP contribution >= 0.6 is 0 Å². The van der Waals surface area contributed by atoms with Gasteiger partial charge in [0.15, 0.2) is 0 Å². The predicted molar refractivity (Wildman–Crippen MR) is 98.9 cm³/mol. The van der Waals surface area contributed by atoms with E-state index in [4.69, 9.17) is 0 Å². The first-order valence-electron chi connectivity index (χ1n) is 8.98. The first-order valence-corrected chi connectivity index (χ1v) is 10.4. The molecule has 1 saturated heterocycles. The van der Waals surface area contributed by atoms with Crippen LogP contribution in [0.5, 0.6) is 0 Å². The van der Waals surface area contributed by atoms with Crippen molar-refractivity contribution in [2.75, 3.05) is 19.6 Å². The van der Waals surface area contributed by atoms with Crippen molar-refractivity contribution in [2.45, 2.75) is 37.2 Å². The van der Waals surface area contributed by atoms with E-state index in [0.717, 1.165) is 31.5 Å². The van der Waals surface area contributed by atoms with Crippen LogP contribution in [0.15, 0.2) is 53.4 Å². The Kier molecular flexibility index (Phi) is 4.40. The number of hydrogen-bond donors (Lipinski definition) is 0. The van der Waals surface area contributed by atoms with Crippen LogP contribution in [0.3, 0.4) is 0 Å². The first-order chi connectivity index (χ1) is 12.1. The summed E-state index contributed by atoms with van der Waals surface area (Å²) in [6.45, 7) is 5.21. The highest BCUT2D eigenvalue weighted by atomic mass is 32.2. The van der Waals surface area contributed by atoms with Crippen molar-refractivity contribution in [3.8, 4) is 0 Å². The normalized spacial score (nSPS) is 19.4. The molecule has 25 heavy (non-hydrogen) atoms. The lowest BCUT2D eigenvalue weighted by atomic mass is 9.97. The van der Waals surface area contributed by atoms with Gasteiger partial charge in [-0.05, 0) is 41.7 Å². The van der Waals surface area contributed by atoms with Crippen LogP contribution in [0.1, 0.15) is 23.6 Å². The highest BCUT2D eigenvalue weighted by Gasteiger charge is 2.40. The molecule has 4 rings (SSSR count). The summed E-state index contributed by atoms with van der Waals surface area (Å²) in [7, 11) is -3.35. The van der Waals surface area contributed by atoms with Gasteiger partial charge in [-0.3, -0.25) is 4.90 Å². The molecule has 2 heterocycles. The SMILES string of the molecule is CCc1ccc(S(=O)(=O)N2CC(N3CCc4ccccc4C3)C2)cc1. The van der Waals surface area contributed by atoms with E-state index in [2.05, 4.69) is 36.1 Å². The van der Waals surface area contributed by atoms with Gasteiger partial charge in [-0.25, -0.2) is 8.42 Å². The Labute approximate surface area is 150 Å².